The van der Waals surface area contributed by atoms with E-state index in [0.717, 1.165) is 64.7 Å². The molecule has 144 valence electrons. The van der Waals surface area contributed by atoms with Crippen molar-refractivity contribution in [2.24, 2.45) is 11.8 Å². The van der Waals surface area contributed by atoms with Crippen LogP contribution in [0.2, 0.25) is 0 Å². The molecule has 0 atom stereocenters. The number of hydrogen-bond acceptors (Lipinski definition) is 4. The third kappa shape index (κ3) is 6.15. The van der Waals surface area contributed by atoms with Gasteiger partial charge in [0.25, 0.3) is 0 Å². The Labute approximate surface area is 150 Å². The van der Waals surface area contributed by atoms with E-state index in [1.165, 1.54) is 4.90 Å². The molecule has 0 bridgehead atoms. The topological polar surface area (TPSA) is 84.3 Å². The zero-order chi connectivity index (χ0) is 18.2. The van der Waals surface area contributed by atoms with Crippen molar-refractivity contribution < 1.29 is 19.8 Å². The summed E-state index contributed by atoms with van der Waals surface area (Å²) in [6, 6.07) is 0. The molecule has 1 saturated heterocycles. The van der Waals surface area contributed by atoms with Gasteiger partial charge in [-0.3, -0.25) is 9.69 Å². The third-order valence-electron chi connectivity index (χ3n) is 5.71. The minimum absolute atomic E-state index is 0.137. The first-order chi connectivity index (χ1) is 12.0. The molecular weight excluding hydrogens is 322 g/mol. The summed E-state index contributed by atoms with van der Waals surface area (Å²) in [6.07, 6.45) is 4.89. The van der Waals surface area contributed by atoms with Gasteiger partial charge >= 0.3 is 6.09 Å². The van der Waals surface area contributed by atoms with E-state index in [0.29, 0.717) is 24.9 Å². The second-order valence-electron chi connectivity index (χ2n) is 7.45. The van der Waals surface area contributed by atoms with Gasteiger partial charge in [-0.1, -0.05) is 0 Å². The van der Waals surface area contributed by atoms with Crippen molar-refractivity contribution in [2.45, 2.75) is 38.5 Å². The van der Waals surface area contributed by atoms with Gasteiger partial charge in [0.15, 0.2) is 0 Å². The molecule has 2 rings (SSSR count). The molecular formula is C18H33N3O4. The molecule has 1 aliphatic heterocycles. The van der Waals surface area contributed by atoms with Crippen LogP contribution in [0.3, 0.4) is 0 Å². The highest BCUT2D eigenvalue weighted by Gasteiger charge is 2.30. The summed E-state index contributed by atoms with van der Waals surface area (Å²) in [5, 5.41) is 18.0. The Hall–Kier alpha value is -1.34. The van der Waals surface area contributed by atoms with Crippen molar-refractivity contribution in [3.05, 3.63) is 0 Å². The van der Waals surface area contributed by atoms with Crippen LogP contribution in [0.15, 0.2) is 0 Å². The normalized spacial score (nSPS) is 25.4. The largest absolute Gasteiger partial charge is 0.465 e. The Morgan fingerprint density at radius 1 is 1.08 bits per heavy atom. The van der Waals surface area contributed by atoms with E-state index in [1.54, 1.807) is 7.05 Å². The quantitative estimate of drug-likeness (QED) is 0.751. The van der Waals surface area contributed by atoms with E-state index in [-0.39, 0.29) is 12.5 Å². The molecule has 1 saturated carbocycles. The first kappa shape index (κ1) is 20.0. The van der Waals surface area contributed by atoms with Gasteiger partial charge in [-0.05, 0) is 51.0 Å². The SMILES string of the molecule is CN(CCC1CCC(C(=O)N2CCCN(CCO)CC2)CC1)C(=O)O. The van der Waals surface area contributed by atoms with Gasteiger partial charge in [-0.2, -0.15) is 0 Å². The highest BCUT2D eigenvalue weighted by molar-refractivity contribution is 5.79. The second kappa shape index (κ2) is 9.97. The van der Waals surface area contributed by atoms with E-state index < -0.39 is 6.09 Å². The van der Waals surface area contributed by atoms with Crippen LogP contribution < -0.4 is 0 Å². The van der Waals surface area contributed by atoms with E-state index >= 15 is 0 Å². The summed E-state index contributed by atoms with van der Waals surface area (Å²) in [5.74, 6) is 0.972. The number of carboxylic acid groups (broad SMARTS) is 1. The van der Waals surface area contributed by atoms with E-state index in [2.05, 4.69) is 4.90 Å². The van der Waals surface area contributed by atoms with Crippen LogP contribution >= 0.6 is 0 Å². The molecule has 7 nitrogen and oxygen atoms in total. The van der Waals surface area contributed by atoms with Crippen LogP contribution in [0.5, 0.6) is 0 Å². The molecule has 0 aromatic carbocycles. The molecule has 2 amide bonds. The first-order valence-corrected chi connectivity index (χ1v) is 9.57. The number of aliphatic hydroxyl groups excluding tert-OH is 1. The predicted octanol–water partition coefficient (Wildman–Crippen LogP) is 1.32. The number of nitrogens with zero attached hydrogens (tertiary/aromatic N) is 3. The molecule has 7 heteroatoms. The van der Waals surface area contributed by atoms with Gasteiger partial charge in [0.1, 0.15) is 0 Å². The minimum Gasteiger partial charge on any atom is -0.465 e. The summed E-state index contributed by atoms with van der Waals surface area (Å²) in [5.41, 5.74) is 0. The zero-order valence-corrected chi connectivity index (χ0v) is 15.4. The standard InChI is InChI=1S/C18H33N3O4/c1-19(18(24)25)10-7-15-3-5-16(6-4-15)17(23)21-9-2-8-20(11-12-21)13-14-22/h15-16,22H,2-14H2,1H3,(H,24,25). The van der Waals surface area contributed by atoms with E-state index in [1.807, 2.05) is 4.90 Å². The number of hydrogen-bond donors (Lipinski definition) is 2. The lowest BCUT2D eigenvalue weighted by atomic mass is 9.80. The first-order valence-electron chi connectivity index (χ1n) is 9.57. The number of amides is 2. The van der Waals surface area contributed by atoms with Crippen molar-refractivity contribution in [1.29, 1.82) is 0 Å². The summed E-state index contributed by atoms with van der Waals surface area (Å²) in [4.78, 5) is 29.2. The molecule has 0 aromatic heterocycles. The lowest BCUT2D eigenvalue weighted by Crippen LogP contribution is -2.40. The fourth-order valence-electron chi connectivity index (χ4n) is 3.98. The molecule has 0 spiro atoms. The van der Waals surface area contributed by atoms with Crippen LogP contribution in [0.25, 0.3) is 0 Å². The third-order valence-corrected chi connectivity index (χ3v) is 5.71. The lowest BCUT2D eigenvalue weighted by Gasteiger charge is -2.32. The number of aliphatic hydroxyl groups is 1. The molecule has 0 unspecified atom stereocenters. The maximum absolute atomic E-state index is 12.8. The second-order valence-corrected chi connectivity index (χ2v) is 7.45. The molecule has 0 aromatic rings. The average Bonchev–Trinajstić information content (AvgIpc) is 2.85. The van der Waals surface area contributed by atoms with Crippen molar-refractivity contribution in [3.63, 3.8) is 0 Å². The average molecular weight is 355 g/mol. The Morgan fingerprint density at radius 2 is 1.80 bits per heavy atom. The molecule has 1 heterocycles. The van der Waals surface area contributed by atoms with E-state index in [9.17, 15) is 9.59 Å². The number of rotatable bonds is 6. The minimum atomic E-state index is -0.875. The van der Waals surface area contributed by atoms with Crippen LogP contribution in [0, 0.1) is 11.8 Å². The van der Waals surface area contributed by atoms with Gasteiger partial charge in [-0.15, -0.1) is 0 Å². The maximum Gasteiger partial charge on any atom is 0.407 e. The monoisotopic (exact) mass is 355 g/mol. The Morgan fingerprint density at radius 3 is 2.44 bits per heavy atom. The molecule has 2 aliphatic rings. The zero-order valence-electron chi connectivity index (χ0n) is 15.4. The molecule has 2 fully saturated rings. The Bertz CT molecular complexity index is 438. The maximum atomic E-state index is 12.8. The molecule has 25 heavy (non-hydrogen) atoms. The molecule has 0 radical (unpaired) electrons. The van der Waals surface area contributed by atoms with Crippen molar-refractivity contribution in [1.82, 2.24) is 14.7 Å². The van der Waals surface area contributed by atoms with Crippen molar-refractivity contribution >= 4 is 12.0 Å². The fourth-order valence-corrected chi connectivity index (χ4v) is 3.98. The molecule has 1 aliphatic carbocycles. The lowest BCUT2D eigenvalue weighted by molar-refractivity contribution is -0.136. The summed E-state index contributed by atoms with van der Waals surface area (Å²) in [6.45, 7) is 4.84. The Kier molecular flexibility index (Phi) is 7.96. The highest BCUT2D eigenvalue weighted by atomic mass is 16.4. The van der Waals surface area contributed by atoms with Gasteiger partial charge in [0, 0.05) is 45.7 Å². The summed E-state index contributed by atoms with van der Waals surface area (Å²) in [7, 11) is 1.61. The van der Waals surface area contributed by atoms with Gasteiger partial charge in [-0.25, -0.2) is 4.79 Å². The summed E-state index contributed by atoms with van der Waals surface area (Å²) >= 11 is 0. The smallest absolute Gasteiger partial charge is 0.407 e. The van der Waals surface area contributed by atoms with Crippen molar-refractivity contribution in [3.8, 4) is 0 Å². The number of carbonyl (C=O) groups is 2. The summed E-state index contributed by atoms with van der Waals surface area (Å²) < 4.78 is 0. The predicted molar refractivity (Wildman–Crippen MR) is 95.4 cm³/mol. The number of carbonyl (C=O) groups excluding carboxylic acids is 1. The van der Waals surface area contributed by atoms with Crippen LogP contribution in [0.1, 0.15) is 38.5 Å². The number of β-amino-alcohol motifs (C(OH)–C–C–N with tert-alkyl or cyclic N) is 1. The van der Waals surface area contributed by atoms with Gasteiger partial charge < -0.3 is 20.0 Å². The van der Waals surface area contributed by atoms with Gasteiger partial charge in [0.05, 0.1) is 6.61 Å². The van der Waals surface area contributed by atoms with Crippen molar-refractivity contribution in [2.75, 3.05) is 52.9 Å². The van der Waals surface area contributed by atoms with E-state index in [4.69, 9.17) is 10.2 Å². The Balaban J connectivity index is 1.72. The molecule has 2 N–H and O–H groups in total. The van der Waals surface area contributed by atoms with Gasteiger partial charge in [0.2, 0.25) is 5.91 Å². The van der Waals surface area contributed by atoms with Crippen LogP contribution in [-0.4, -0.2) is 89.8 Å². The van der Waals surface area contributed by atoms with Crippen LogP contribution in [0.4, 0.5) is 4.79 Å². The highest BCUT2D eigenvalue weighted by Crippen LogP contribution is 2.32. The van der Waals surface area contributed by atoms with Crippen LogP contribution in [-0.2, 0) is 4.79 Å². The fraction of sp³-hybridized carbons (Fsp3) is 0.889.